The zero-order valence-electron chi connectivity index (χ0n) is 11.5. The largest absolute Gasteiger partial charge is 0.480 e. The van der Waals surface area contributed by atoms with Crippen molar-refractivity contribution in [1.82, 2.24) is 0 Å². The van der Waals surface area contributed by atoms with Crippen LogP contribution in [0.2, 0.25) is 0 Å². The van der Waals surface area contributed by atoms with E-state index in [0.29, 0.717) is 13.0 Å². The molecule has 0 saturated heterocycles. The van der Waals surface area contributed by atoms with Crippen LogP contribution in [0.4, 0.5) is 5.69 Å². The summed E-state index contributed by atoms with van der Waals surface area (Å²) in [7, 11) is 1.95. The summed E-state index contributed by atoms with van der Waals surface area (Å²) < 4.78 is 0. The number of benzene rings is 1. The molecule has 1 aromatic rings. The van der Waals surface area contributed by atoms with Crippen LogP contribution < -0.4 is 10.6 Å². The molecule has 0 aliphatic rings. The van der Waals surface area contributed by atoms with Crippen molar-refractivity contribution >= 4 is 11.7 Å². The summed E-state index contributed by atoms with van der Waals surface area (Å²) in [6.07, 6.45) is 0.409. The van der Waals surface area contributed by atoms with Crippen molar-refractivity contribution in [3.63, 3.8) is 0 Å². The number of hydrogen-bond acceptors (Lipinski definition) is 3. The third-order valence-corrected chi connectivity index (χ3v) is 3.22. The molecule has 0 radical (unpaired) electrons. The zero-order chi connectivity index (χ0) is 13.9. The fraction of sp³-hybridized carbons (Fsp3) is 0.500. The Balaban J connectivity index is 2.71. The normalized spacial score (nSPS) is 14.1. The standard InChI is InChI=1S/C14H22N2O2/c1-10-5-6-12(11(2)9-10)16(4)8-7-14(3,15)13(17)18/h5-6,9H,7-8,15H2,1-4H3,(H,17,18). The Labute approximate surface area is 108 Å². The number of hydrogen-bond donors (Lipinski definition) is 2. The van der Waals surface area contributed by atoms with Gasteiger partial charge in [0.2, 0.25) is 0 Å². The van der Waals surface area contributed by atoms with E-state index >= 15 is 0 Å². The first-order valence-corrected chi connectivity index (χ1v) is 6.05. The van der Waals surface area contributed by atoms with Crippen molar-refractivity contribution in [1.29, 1.82) is 0 Å². The lowest BCUT2D eigenvalue weighted by Gasteiger charge is -2.26. The zero-order valence-corrected chi connectivity index (χ0v) is 11.5. The first kappa shape index (κ1) is 14.5. The molecule has 0 aliphatic carbocycles. The number of aryl methyl sites for hydroxylation is 2. The highest BCUT2D eigenvalue weighted by atomic mass is 16.4. The van der Waals surface area contributed by atoms with Crippen molar-refractivity contribution in [3.8, 4) is 0 Å². The first-order valence-electron chi connectivity index (χ1n) is 6.05. The minimum atomic E-state index is -1.17. The lowest BCUT2D eigenvalue weighted by atomic mass is 9.99. The van der Waals surface area contributed by atoms with E-state index < -0.39 is 11.5 Å². The van der Waals surface area contributed by atoms with E-state index in [1.807, 2.05) is 11.9 Å². The highest BCUT2D eigenvalue weighted by Gasteiger charge is 2.27. The van der Waals surface area contributed by atoms with Crippen LogP contribution in [0.15, 0.2) is 18.2 Å². The van der Waals surface area contributed by atoms with Gasteiger partial charge >= 0.3 is 5.97 Å². The second kappa shape index (κ2) is 5.40. The molecule has 1 unspecified atom stereocenters. The smallest absolute Gasteiger partial charge is 0.323 e. The molecule has 0 fully saturated rings. The van der Waals surface area contributed by atoms with E-state index in [1.54, 1.807) is 6.92 Å². The van der Waals surface area contributed by atoms with Gasteiger partial charge in [0.1, 0.15) is 5.54 Å². The summed E-state index contributed by atoms with van der Waals surface area (Å²) in [5, 5.41) is 8.97. The molecule has 1 aromatic carbocycles. The molecule has 0 spiro atoms. The van der Waals surface area contributed by atoms with Crippen molar-refractivity contribution in [2.75, 3.05) is 18.5 Å². The molecule has 0 aromatic heterocycles. The molecule has 0 heterocycles. The van der Waals surface area contributed by atoms with E-state index in [0.717, 1.165) is 5.69 Å². The Bertz CT molecular complexity index is 441. The highest BCUT2D eigenvalue weighted by Crippen LogP contribution is 2.21. The van der Waals surface area contributed by atoms with E-state index in [-0.39, 0.29) is 0 Å². The molecular weight excluding hydrogens is 228 g/mol. The lowest BCUT2D eigenvalue weighted by molar-refractivity contribution is -0.142. The van der Waals surface area contributed by atoms with E-state index in [9.17, 15) is 4.79 Å². The van der Waals surface area contributed by atoms with Gasteiger partial charge in [-0.25, -0.2) is 0 Å². The van der Waals surface area contributed by atoms with Gasteiger partial charge in [-0.1, -0.05) is 17.7 Å². The van der Waals surface area contributed by atoms with Crippen LogP contribution in [-0.4, -0.2) is 30.2 Å². The van der Waals surface area contributed by atoms with Gasteiger partial charge in [0.15, 0.2) is 0 Å². The number of nitrogens with two attached hydrogens (primary N) is 1. The number of anilines is 1. The maximum Gasteiger partial charge on any atom is 0.323 e. The van der Waals surface area contributed by atoms with Crippen LogP contribution >= 0.6 is 0 Å². The molecule has 3 N–H and O–H groups in total. The second-order valence-electron chi connectivity index (χ2n) is 5.18. The minimum absolute atomic E-state index is 0.409. The van der Waals surface area contributed by atoms with Gasteiger partial charge in [0.25, 0.3) is 0 Å². The van der Waals surface area contributed by atoms with Gasteiger partial charge in [-0.3, -0.25) is 4.79 Å². The number of carboxylic acid groups (broad SMARTS) is 1. The van der Waals surface area contributed by atoms with Gasteiger partial charge < -0.3 is 15.7 Å². The number of carbonyl (C=O) groups is 1. The topological polar surface area (TPSA) is 66.6 Å². The second-order valence-corrected chi connectivity index (χ2v) is 5.18. The summed E-state index contributed by atoms with van der Waals surface area (Å²) >= 11 is 0. The van der Waals surface area contributed by atoms with Gasteiger partial charge in [-0.2, -0.15) is 0 Å². The number of rotatable bonds is 5. The molecule has 1 atom stereocenters. The van der Waals surface area contributed by atoms with Crippen LogP contribution in [0.25, 0.3) is 0 Å². The quantitative estimate of drug-likeness (QED) is 0.838. The first-order chi connectivity index (χ1) is 8.24. The summed E-state index contributed by atoms with van der Waals surface area (Å²) in [5.74, 6) is -0.962. The van der Waals surface area contributed by atoms with E-state index in [4.69, 9.17) is 10.8 Å². The van der Waals surface area contributed by atoms with Crippen molar-refractivity contribution in [2.45, 2.75) is 32.7 Å². The third-order valence-electron chi connectivity index (χ3n) is 3.22. The molecule has 18 heavy (non-hydrogen) atoms. The van der Waals surface area contributed by atoms with Crippen molar-refractivity contribution in [3.05, 3.63) is 29.3 Å². The summed E-state index contributed by atoms with van der Waals surface area (Å²) in [4.78, 5) is 13.0. The molecule has 100 valence electrons. The average molecular weight is 250 g/mol. The van der Waals surface area contributed by atoms with Gasteiger partial charge in [-0.15, -0.1) is 0 Å². The summed E-state index contributed by atoms with van der Waals surface area (Å²) in [6, 6.07) is 6.22. The van der Waals surface area contributed by atoms with Crippen LogP contribution in [0.3, 0.4) is 0 Å². The van der Waals surface area contributed by atoms with Crippen LogP contribution in [0, 0.1) is 13.8 Å². The van der Waals surface area contributed by atoms with Crippen LogP contribution in [0.5, 0.6) is 0 Å². The van der Waals surface area contributed by atoms with Gasteiger partial charge in [0, 0.05) is 19.3 Å². The van der Waals surface area contributed by atoms with E-state index in [2.05, 4.69) is 32.0 Å². The summed E-state index contributed by atoms with van der Waals surface area (Å²) in [6.45, 7) is 6.27. The Morgan fingerprint density at radius 2 is 2.06 bits per heavy atom. The molecule has 0 saturated carbocycles. The molecule has 0 bridgehead atoms. The molecule has 1 rings (SSSR count). The number of aliphatic carboxylic acids is 1. The van der Waals surface area contributed by atoms with E-state index in [1.165, 1.54) is 11.1 Å². The number of nitrogens with zero attached hydrogens (tertiary/aromatic N) is 1. The van der Waals surface area contributed by atoms with Crippen LogP contribution in [-0.2, 0) is 4.79 Å². The fourth-order valence-corrected chi connectivity index (χ4v) is 1.86. The maximum atomic E-state index is 10.9. The summed E-state index contributed by atoms with van der Waals surface area (Å²) in [5.41, 5.74) is 8.07. The monoisotopic (exact) mass is 250 g/mol. The SMILES string of the molecule is Cc1ccc(N(C)CCC(C)(N)C(=O)O)c(C)c1. The average Bonchev–Trinajstić information content (AvgIpc) is 2.25. The third kappa shape index (κ3) is 3.47. The Morgan fingerprint density at radius 3 is 2.56 bits per heavy atom. The van der Waals surface area contributed by atoms with Crippen LogP contribution in [0.1, 0.15) is 24.5 Å². The highest BCUT2D eigenvalue weighted by molar-refractivity contribution is 5.77. The molecular formula is C14H22N2O2. The van der Waals surface area contributed by atoms with Gasteiger partial charge in [0.05, 0.1) is 0 Å². The molecule has 0 aliphatic heterocycles. The predicted octanol–water partition coefficient (Wildman–Crippen LogP) is 1.93. The maximum absolute atomic E-state index is 10.9. The Morgan fingerprint density at radius 1 is 1.44 bits per heavy atom. The minimum Gasteiger partial charge on any atom is -0.480 e. The van der Waals surface area contributed by atoms with Gasteiger partial charge in [-0.05, 0) is 38.8 Å². The molecule has 4 heteroatoms. The van der Waals surface area contributed by atoms with Crippen molar-refractivity contribution < 1.29 is 9.90 Å². The predicted molar refractivity (Wildman–Crippen MR) is 74.0 cm³/mol. The Kier molecular flexibility index (Phi) is 4.35. The number of carboxylic acids is 1. The van der Waals surface area contributed by atoms with Crippen molar-refractivity contribution in [2.24, 2.45) is 5.73 Å². The lowest BCUT2D eigenvalue weighted by Crippen LogP contribution is -2.47. The molecule has 0 amide bonds. The fourth-order valence-electron chi connectivity index (χ4n) is 1.86. The Hall–Kier alpha value is -1.55. The molecule has 4 nitrogen and oxygen atoms in total.